The molecule has 4 aromatic rings. The van der Waals surface area contributed by atoms with Crippen molar-refractivity contribution in [3.8, 4) is 11.8 Å². The van der Waals surface area contributed by atoms with Gasteiger partial charge in [-0.05, 0) is 42.3 Å². The van der Waals surface area contributed by atoms with Gasteiger partial charge in [0.25, 0.3) is 10.0 Å². The fraction of sp³-hybridized carbons (Fsp3) is 0. The van der Waals surface area contributed by atoms with Crippen molar-refractivity contribution in [3.63, 3.8) is 0 Å². The largest absolute Gasteiger partial charge is 0.277 e. The molecule has 1 N–H and O–H groups in total. The zero-order chi connectivity index (χ0) is 20.4. The molecule has 0 atom stereocenters. The Morgan fingerprint density at radius 1 is 1.00 bits per heavy atom. The molecule has 0 saturated carbocycles. The molecule has 0 spiro atoms. The molecule has 3 aromatic heterocycles. The third-order valence-electron chi connectivity index (χ3n) is 3.87. The zero-order valence-electron chi connectivity index (χ0n) is 14.5. The molecule has 29 heavy (non-hydrogen) atoms. The van der Waals surface area contributed by atoms with Crippen molar-refractivity contribution < 1.29 is 17.2 Å². The number of halogens is 2. The van der Waals surface area contributed by atoms with Gasteiger partial charge in [0.1, 0.15) is 16.4 Å². The van der Waals surface area contributed by atoms with Gasteiger partial charge in [0.05, 0.1) is 17.4 Å². The summed E-state index contributed by atoms with van der Waals surface area (Å²) in [6.45, 7) is 0. The van der Waals surface area contributed by atoms with Crippen molar-refractivity contribution in [1.29, 1.82) is 0 Å². The van der Waals surface area contributed by atoms with Crippen LogP contribution in [0.1, 0.15) is 11.3 Å². The SMILES string of the molecule is O=S(=O)(Nc1ccc(F)c(C#Cc2cnc3cccnn23)c1F)c1cccnc1. The van der Waals surface area contributed by atoms with Gasteiger partial charge >= 0.3 is 0 Å². The number of imidazole rings is 1. The Labute approximate surface area is 164 Å². The molecule has 1 aromatic carbocycles. The van der Waals surface area contributed by atoms with Crippen LogP contribution in [-0.2, 0) is 10.0 Å². The van der Waals surface area contributed by atoms with Gasteiger partial charge in [-0.25, -0.2) is 26.7 Å². The molecule has 144 valence electrons. The van der Waals surface area contributed by atoms with E-state index in [1.807, 2.05) is 0 Å². The van der Waals surface area contributed by atoms with Crippen molar-refractivity contribution in [2.45, 2.75) is 4.90 Å². The number of aromatic nitrogens is 4. The molecule has 0 aliphatic rings. The maximum atomic E-state index is 14.8. The Morgan fingerprint density at radius 3 is 2.62 bits per heavy atom. The van der Waals surface area contributed by atoms with Crippen LogP contribution < -0.4 is 4.72 Å². The second kappa shape index (κ2) is 7.29. The van der Waals surface area contributed by atoms with Gasteiger partial charge < -0.3 is 0 Å². The highest BCUT2D eigenvalue weighted by Gasteiger charge is 2.19. The van der Waals surface area contributed by atoms with E-state index in [0.717, 1.165) is 18.3 Å². The summed E-state index contributed by atoms with van der Waals surface area (Å²) in [4.78, 5) is 7.65. The van der Waals surface area contributed by atoms with Crippen LogP contribution in [0.15, 0.2) is 66.1 Å². The predicted octanol–water partition coefficient (Wildman–Crippen LogP) is 2.60. The average molecular weight is 411 g/mol. The molecule has 0 radical (unpaired) electrons. The van der Waals surface area contributed by atoms with Crippen LogP contribution in [0.2, 0.25) is 0 Å². The maximum absolute atomic E-state index is 14.8. The highest BCUT2D eigenvalue weighted by Crippen LogP contribution is 2.23. The number of hydrogen-bond acceptors (Lipinski definition) is 5. The van der Waals surface area contributed by atoms with E-state index in [-0.39, 0.29) is 4.90 Å². The number of fused-ring (bicyclic) bond motifs is 1. The van der Waals surface area contributed by atoms with Gasteiger partial charge in [-0.15, -0.1) is 0 Å². The summed E-state index contributed by atoms with van der Waals surface area (Å²) in [5.41, 5.74) is -0.172. The van der Waals surface area contributed by atoms with Gasteiger partial charge in [-0.3, -0.25) is 9.71 Å². The van der Waals surface area contributed by atoms with E-state index in [2.05, 4.69) is 31.6 Å². The summed E-state index contributed by atoms with van der Waals surface area (Å²) < 4.78 is 57.2. The monoisotopic (exact) mass is 411 g/mol. The van der Waals surface area contributed by atoms with Crippen LogP contribution in [0, 0.1) is 23.5 Å². The van der Waals surface area contributed by atoms with Gasteiger partial charge in [0, 0.05) is 18.6 Å². The van der Waals surface area contributed by atoms with E-state index < -0.39 is 32.9 Å². The number of anilines is 1. The molecular weight excluding hydrogens is 400 g/mol. The Bertz CT molecular complexity index is 1380. The zero-order valence-corrected chi connectivity index (χ0v) is 15.4. The molecule has 10 heteroatoms. The Hall–Kier alpha value is -3.84. The van der Waals surface area contributed by atoms with E-state index in [4.69, 9.17) is 0 Å². The molecule has 0 saturated heterocycles. The maximum Gasteiger partial charge on any atom is 0.263 e. The first-order valence-corrected chi connectivity index (χ1v) is 9.66. The van der Waals surface area contributed by atoms with Crippen molar-refractivity contribution >= 4 is 21.4 Å². The Morgan fingerprint density at radius 2 is 1.83 bits per heavy atom. The van der Waals surface area contributed by atoms with E-state index in [0.29, 0.717) is 11.3 Å². The summed E-state index contributed by atoms with van der Waals surface area (Å²) in [5, 5.41) is 4.06. The number of rotatable bonds is 3. The number of sulfonamides is 1. The third-order valence-corrected chi connectivity index (χ3v) is 5.22. The highest BCUT2D eigenvalue weighted by molar-refractivity contribution is 7.92. The second-order valence-electron chi connectivity index (χ2n) is 5.77. The van der Waals surface area contributed by atoms with Crippen molar-refractivity contribution in [1.82, 2.24) is 19.6 Å². The molecule has 0 amide bonds. The summed E-state index contributed by atoms with van der Waals surface area (Å²) in [6.07, 6.45) is 5.46. The fourth-order valence-electron chi connectivity index (χ4n) is 2.50. The predicted molar refractivity (Wildman–Crippen MR) is 100 cm³/mol. The highest BCUT2D eigenvalue weighted by atomic mass is 32.2. The minimum atomic E-state index is -4.10. The quantitative estimate of drug-likeness (QED) is 0.524. The van der Waals surface area contributed by atoms with E-state index in [1.54, 1.807) is 12.1 Å². The number of pyridine rings is 1. The van der Waals surface area contributed by atoms with Gasteiger partial charge in [0.15, 0.2) is 11.5 Å². The smallest absolute Gasteiger partial charge is 0.263 e. The van der Waals surface area contributed by atoms with Crippen LogP contribution in [0.5, 0.6) is 0 Å². The van der Waals surface area contributed by atoms with E-state index >= 15 is 0 Å². The summed E-state index contributed by atoms with van der Waals surface area (Å²) in [6, 6.07) is 8.04. The lowest BCUT2D eigenvalue weighted by molar-refractivity contribution is 0.578. The van der Waals surface area contributed by atoms with Crippen LogP contribution in [-0.4, -0.2) is 28.0 Å². The van der Waals surface area contributed by atoms with Gasteiger partial charge in [-0.2, -0.15) is 5.10 Å². The molecular formula is C19H11F2N5O2S. The Kier molecular flexibility index (Phi) is 4.66. The molecule has 0 bridgehead atoms. The normalized spacial score (nSPS) is 11.1. The van der Waals surface area contributed by atoms with Crippen molar-refractivity contribution in [2.24, 2.45) is 0 Å². The Balaban J connectivity index is 1.72. The summed E-state index contributed by atoms with van der Waals surface area (Å²) in [7, 11) is -4.10. The lowest BCUT2D eigenvalue weighted by atomic mass is 10.1. The van der Waals surface area contributed by atoms with Crippen LogP contribution in [0.25, 0.3) is 5.65 Å². The molecule has 0 aliphatic carbocycles. The van der Waals surface area contributed by atoms with Gasteiger partial charge in [0.2, 0.25) is 0 Å². The number of nitrogens with one attached hydrogen (secondary N) is 1. The van der Waals surface area contributed by atoms with Crippen LogP contribution in [0.4, 0.5) is 14.5 Å². The molecule has 0 fully saturated rings. The first kappa shape index (κ1) is 18.5. The standard InChI is InChI=1S/C19H11F2N5O2S/c20-16-7-8-17(25-29(27,28)14-3-1-9-22-12-14)19(21)15(16)6-5-13-11-23-18-4-2-10-24-26(13)18/h1-4,7-12,25H. The number of nitrogens with zero attached hydrogens (tertiary/aromatic N) is 4. The van der Waals surface area contributed by atoms with Gasteiger partial charge in [-0.1, -0.05) is 5.92 Å². The molecule has 3 heterocycles. The third kappa shape index (κ3) is 3.63. The lowest BCUT2D eigenvalue weighted by Gasteiger charge is -2.10. The lowest BCUT2D eigenvalue weighted by Crippen LogP contribution is -2.14. The number of benzene rings is 1. The first-order chi connectivity index (χ1) is 14.0. The minimum Gasteiger partial charge on any atom is -0.277 e. The minimum absolute atomic E-state index is 0.159. The molecule has 0 aliphatic heterocycles. The average Bonchev–Trinajstić information content (AvgIpc) is 3.14. The van der Waals surface area contributed by atoms with Crippen molar-refractivity contribution in [3.05, 3.63) is 84.1 Å². The molecule has 0 unspecified atom stereocenters. The first-order valence-electron chi connectivity index (χ1n) is 8.17. The second-order valence-corrected chi connectivity index (χ2v) is 7.45. The topological polar surface area (TPSA) is 89.2 Å². The molecule has 4 rings (SSSR count). The van der Waals surface area contributed by atoms with Crippen LogP contribution in [0.3, 0.4) is 0 Å². The molecule has 7 nitrogen and oxygen atoms in total. The van der Waals surface area contributed by atoms with E-state index in [9.17, 15) is 17.2 Å². The fourth-order valence-corrected chi connectivity index (χ4v) is 3.52. The van der Waals surface area contributed by atoms with Crippen molar-refractivity contribution in [2.75, 3.05) is 4.72 Å². The van der Waals surface area contributed by atoms with Crippen LogP contribution >= 0.6 is 0 Å². The number of hydrogen-bond donors (Lipinski definition) is 1. The summed E-state index contributed by atoms with van der Waals surface area (Å²) in [5.74, 6) is 2.94. The summed E-state index contributed by atoms with van der Waals surface area (Å²) >= 11 is 0. The van der Waals surface area contributed by atoms with E-state index in [1.165, 1.54) is 35.2 Å².